The number of hydrogen-bond donors (Lipinski definition) is 0. The molecule has 0 fully saturated rings. The maximum absolute atomic E-state index is 12.5. The second-order valence-electron chi connectivity index (χ2n) is 5.22. The normalized spacial score (nSPS) is 17.8. The van der Waals surface area contributed by atoms with Gasteiger partial charge in [0.25, 0.3) is 5.91 Å². The summed E-state index contributed by atoms with van der Waals surface area (Å²) in [5, 5.41) is 4.41. The molecular weight excluding hydrogens is 270 g/mol. The summed E-state index contributed by atoms with van der Waals surface area (Å²) in [6.07, 6.45) is 4.86. The molecule has 0 aliphatic carbocycles. The molecule has 0 N–H and O–H groups in total. The van der Waals surface area contributed by atoms with Gasteiger partial charge >= 0.3 is 0 Å². The number of fused-ring (bicyclic) bond motifs is 1. The third kappa shape index (κ3) is 2.47. The van der Waals surface area contributed by atoms with Gasteiger partial charge < -0.3 is 14.1 Å². The van der Waals surface area contributed by atoms with E-state index in [-0.39, 0.29) is 11.8 Å². The first kappa shape index (κ1) is 13.9. The zero-order valence-corrected chi connectivity index (χ0v) is 12.3. The van der Waals surface area contributed by atoms with E-state index in [1.807, 2.05) is 15.8 Å². The van der Waals surface area contributed by atoms with Gasteiger partial charge in [0.05, 0.1) is 30.3 Å². The van der Waals surface area contributed by atoms with E-state index in [2.05, 4.69) is 12.0 Å². The highest BCUT2D eigenvalue weighted by molar-refractivity contribution is 5.94. The van der Waals surface area contributed by atoms with Gasteiger partial charge in [-0.3, -0.25) is 9.48 Å². The minimum atomic E-state index is -0.0141. The Morgan fingerprint density at radius 3 is 3.10 bits per heavy atom. The number of aromatic nitrogens is 2. The molecule has 0 unspecified atom stereocenters. The number of carbonyl (C=O) groups is 1. The van der Waals surface area contributed by atoms with Gasteiger partial charge in [0.2, 0.25) is 0 Å². The van der Waals surface area contributed by atoms with Crippen LogP contribution < -0.4 is 0 Å². The fourth-order valence-corrected chi connectivity index (χ4v) is 2.96. The average molecular weight is 289 g/mol. The standard InChI is InChI=1S/C15H19N3O3/c1-3-18-14-12(6-16-18)7-17(8-13(14)9-20-2)15(19)11-4-5-21-10-11/h4-6,10,13H,3,7-9H2,1-2H3/t13-/m1/s1. The topological polar surface area (TPSA) is 60.5 Å². The van der Waals surface area contributed by atoms with E-state index in [1.165, 1.54) is 18.2 Å². The van der Waals surface area contributed by atoms with Gasteiger partial charge in [-0.05, 0) is 13.0 Å². The zero-order chi connectivity index (χ0) is 14.8. The first-order valence-electron chi connectivity index (χ1n) is 7.09. The molecule has 0 radical (unpaired) electrons. The number of aryl methyl sites for hydroxylation is 1. The molecule has 2 aromatic rings. The Kier molecular flexibility index (Phi) is 3.79. The summed E-state index contributed by atoms with van der Waals surface area (Å²) in [6.45, 7) is 4.69. The molecule has 1 amide bonds. The van der Waals surface area contributed by atoms with E-state index < -0.39 is 0 Å². The van der Waals surface area contributed by atoms with Crippen LogP contribution in [0.2, 0.25) is 0 Å². The van der Waals surface area contributed by atoms with Crippen LogP contribution in [0.1, 0.15) is 34.5 Å². The van der Waals surface area contributed by atoms with E-state index in [0.29, 0.717) is 25.3 Å². The van der Waals surface area contributed by atoms with Crippen LogP contribution in [0.25, 0.3) is 0 Å². The maximum Gasteiger partial charge on any atom is 0.257 e. The van der Waals surface area contributed by atoms with Crippen molar-refractivity contribution in [3.05, 3.63) is 41.6 Å². The molecule has 3 heterocycles. The van der Waals surface area contributed by atoms with Gasteiger partial charge in [0, 0.05) is 38.2 Å². The molecule has 1 aliphatic rings. The lowest BCUT2D eigenvalue weighted by atomic mass is 9.96. The first-order chi connectivity index (χ1) is 10.2. The van der Waals surface area contributed by atoms with Crippen LogP contribution in [0.4, 0.5) is 0 Å². The van der Waals surface area contributed by atoms with Crippen LogP contribution in [0.5, 0.6) is 0 Å². The number of rotatable bonds is 4. The Labute approximate surface area is 123 Å². The number of amides is 1. The lowest BCUT2D eigenvalue weighted by Crippen LogP contribution is -2.39. The number of ether oxygens (including phenoxy) is 1. The molecule has 6 nitrogen and oxygen atoms in total. The minimum absolute atomic E-state index is 0.0141. The third-order valence-corrected chi connectivity index (χ3v) is 3.87. The summed E-state index contributed by atoms with van der Waals surface area (Å²) in [4.78, 5) is 14.3. The molecule has 3 rings (SSSR count). The monoisotopic (exact) mass is 289 g/mol. The highest BCUT2D eigenvalue weighted by Crippen LogP contribution is 2.29. The second kappa shape index (κ2) is 5.73. The van der Waals surface area contributed by atoms with Crippen molar-refractivity contribution in [2.75, 3.05) is 20.3 Å². The van der Waals surface area contributed by atoms with Crippen molar-refractivity contribution in [2.45, 2.75) is 25.9 Å². The first-order valence-corrected chi connectivity index (χ1v) is 7.09. The predicted octanol–water partition coefficient (Wildman–Crippen LogP) is 1.88. The number of carbonyl (C=O) groups excluding carboxylic acids is 1. The number of furan rings is 1. The smallest absolute Gasteiger partial charge is 0.257 e. The Hall–Kier alpha value is -2.08. The average Bonchev–Trinajstić information content (AvgIpc) is 3.16. The van der Waals surface area contributed by atoms with Gasteiger partial charge in [-0.25, -0.2) is 0 Å². The highest BCUT2D eigenvalue weighted by atomic mass is 16.5. The summed E-state index contributed by atoms with van der Waals surface area (Å²) in [7, 11) is 1.68. The van der Waals surface area contributed by atoms with Crippen LogP contribution >= 0.6 is 0 Å². The van der Waals surface area contributed by atoms with E-state index in [1.54, 1.807) is 13.2 Å². The molecule has 0 saturated heterocycles. The molecule has 2 aromatic heterocycles. The number of nitrogens with zero attached hydrogens (tertiary/aromatic N) is 3. The molecule has 0 spiro atoms. The summed E-state index contributed by atoms with van der Waals surface area (Å²) in [5.41, 5.74) is 2.87. The van der Waals surface area contributed by atoms with Gasteiger partial charge in [-0.15, -0.1) is 0 Å². The lowest BCUT2D eigenvalue weighted by Gasteiger charge is -2.33. The number of hydrogen-bond acceptors (Lipinski definition) is 4. The van der Waals surface area contributed by atoms with Gasteiger partial charge in [-0.1, -0.05) is 0 Å². The van der Waals surface area contributed by atoms with Crippen LogP contribution in [0.3, 0.4) is 0 Å². The summed E-state index contributed by atoms with van der Waals surface area (Å²) in [6, 6.07) is 1.69. The van der Waals surface area contributed by atoms with Crippen LogP contribution in [-0.2, 0) is 17.8 Å². The molecule has 0 aromatic carbocycles. The van der Waals surface area contributed by atoms with E-state index in [4.69, 9.17) is 9.15 Å². The lowest BCUT2D eigenvalue weighted by molar-refractivity contribution is 0.0674. The van der Waals surface area contributed by atoms with Gasteiger partial charge in [0.1, 0.15) is 6.26 Å². The van der Waals surface area contributed by atoms with Gasteiger partial charge in [0.15, 0.2) is 0 Å². The van der Waals surface area contributed by atoms with E-state index in [0.717, 1.165) is 12.1 Å². The van der Waals surface area contributed by atoms with Crippen molar-refractivity contribution in [3.8, 4) is 0 Å². The maximum atomic E-state index is 12.5. The van der Waals surface area contributed by atoms with Gasteiger partial charge in [-0.2, -0.15) is 5.10 Å². The minimum Gasteiger partial charge on any atom is -0.472 e. The molecular formula is C15H19N3O3. The third-order valence-electron chi connectivity index (χ3n) is 3.87. The Morgan fingerprint density at radius 2 is 2.43 bits per heavy atom. The van der Waals surface area contributed by atoms with Crippen molar-refractivity contribution in [1.29, 1.82) is 0 Å². The van der Waals surface area contributed by atoms with Crippen molar-refractivity contribution in [3.63, 3.8) is 0 Å². The fourth-order valence-electron chi connectivity index (χ4n) is 2.96. The van der Waals surface area contributed by atoms with E-state index >= 15 is 0 Å². The van der Waals surface area contributed by atoms with Crippen molar-refractivity contribution >= 4 is 5.91 Å². The predicted molar refractivity (Wildman–Crippen MR) is 76.0 cm³/mol. The molecule has 1 atom stereocenters. The zero-order valence-electron chi connectivity index (χ0n) is 12.3. The summed E-state index contributed by atoms with van der Waals surface area (Å²) < 4.78 is 12.3. The summed E-state index contributed by atoms with van der Waals surface area (Å²) in [5.74, 6) is 0.136. The fraction of sp³-hybridized carbons (Fsp3) is 0.467. The van der Waals surface area contributed by atoms with Crippen molar-refractivity contribution in [1.82, 2.24) is 14.7 Å². The largest absolute Gasteiger partial charge is 0.472 e. The Morgan fingerprint density at radius 1 is 1.57 bits per heavy atom. The molecule has 0 bridgehead atoms. The Bertz CT molecular complexity index is 618. The van der Waals surface area contributed by atoms with E-state index in [9.17, 15) is 4.79 Å². The molecule has 0 saturated carbocycles. The second-order valence-corrected chi connectivity index (χ2v) is 5.22. The SMILES string of the molecule is CCn1ncc2c1[C@@H](COC)CN(C(=O)c1ccoc1)C2. The van der Waals surface area contributed by atoms with Crippen LogP contribution in [-0.4, -0.2) is 40.8 Å². The molecule has 21 heavy (non-hydrogen) atoms. The van der Waals surface area contributed by atoms with Crippen LogP contribution in [0.15, 0.2) is 29.2 Å². The molecule has 1 aliphatic heterocycles. The van der Waals surface area contributed by atoms with Crippen molar-refractivity contribution < 1.29 is 13.9 Å². The quantitative estimate of drug-likeness (QED) is 0.862. The number of methoxy groups -OCH3 is 1. The van der Waals surface area contributed by atoms with Crippen LogP contribution in [0, 0.1) is 0 Å². The van der Waals surface area contributed by atoms with Crippen molar-refractivity contribution in [2.24, 2.45) is 0 Å². The highest BCUT2D eigenvalue weighted by Gasteiger charge is 2.32. The Balaban J connectivity index is 1.89. The molecule has 112 valence electrons. The molecule has 6 heteroatoms. The summed E-state index contributed by atoms with van der Waals surface area (Å²) >= 11 is 0.